The predicted molar refractivity (Wildman–Crippen MR) is 56.2 cm³/mol. The lowest BCUT2D eigenvalue weighted by atomic mass is 10.3. The van der Waals surface area contributed by atoms with Crippen molar-refractivity contribution in [2.24, 2.45) is 0 Å². The summed E-state index contributed by atoms with van der Waals surface area (Å²) in [4.78, 5) is 7.72. The highest BCUT2D eigenvalue weighted by Gasteiger charge is 2.00. The Balaban J connectivity index is 2.24. The fourth-order valence-electron chi connectivity index (χ4n) is 0.993. The van der Waals surface area contributed by atoms with Gasteiger partial charge < -0.3 is 4.74 Å². The summed E-state index contributed by atoms with van der Waals surface area (Å²) in [7, 11) is 0. The van der Waals surface area contributed by atoms with Gasteiger partial charge in [0.05, 0.1) is 16.9 Å². The summed E-state index contributed by atoms with van der Waals surface area (Å²) in [5, 5.41) is 0. The van der Waals surface area contributed by atoms with Crippen LogP contribution < -0.4 is 4.74 Å². The number of hydrogen-bond acceptors (Lipinski definition) is 3. The standard InChI is InChI=1S/C10H7BrN2O/c11-9-3-1-2-4-10(9)14-8-5-12-7-13-6-8/h1-7H. The Morgan fingerprint density at radius 2 is 1.79 bits per heavy atom. The quantitative estimate of drug-likeness (QED) is 0.822. The molecule has 70 valence electrons. The second-order valence-corrected chi connectivity index (χ2v) is 3.46. The third-order valence-electron chi connectivity index (χ3n) is 1.60. The molecule has 0 unspecified atom stereocenters. The molecule has 2 rings (SSSR count). The SMILES string of the molecule is Brc1ccccc1Oc1cncnc1. The third-order valence-corrected chi connectivity index (χ3v) is 2.26. The molecule has 0 aliphatic rings. The van der Waals surface area contributed by atoms with Gasteiger partial charge in [-0.15, -0.1) is 0 Å². The molecule has 0 atom stereocenters. The minimum Gasteiger partial charge on any atom is -0.453 e. The van der Waals surface area contributed by atoms with E-state index in [-0.39, 0.29) is 0 Å². The van der Waals surface area contributed by atoms with Gasteiger partial charge in [0.2, 0.25) is 0 Å². The predicted octanol–water partition coefficient (Wildman–Crippen LogP) is 3.03. The zero-order valence-corrected chi connectivity index (χ0v) is 8.81. The first kappa shape index (κ1) is 9.15. The molecular formula is C10H7BrN2O. The second-order valence-electron chi connectivity index (χ2n) is 2.61. The van der Waals surface area contributed by atoms with E-state index in [1.807, 2.05) is 24.3 Å². The van der Waals surface area contributed by atoms with Crippen LogP contribution in [0.5, 0.6) is 11.5 Å². The summed E-state index contributed by atoms with van der Waals surface area (Å²) in [6, 6.07) is 7.62. The highest BCUT2D eigenvalue weighted by atomic mass is 79.9. The van der Waals surface area contributed by atoms with Crippen molar-refractivity contribution >= 4 is 15.9 Å². The lowest BCUT2D eigenvalue weighted by Crippen LogP contribution is -1.86. The zero-order chi connectivity index (χ0) is 9.80. The van der Waals surface area contributed by atoms with E-state index in [1.54, 1.807) is 12.4 Å². The summed E-state index contributed by atoms with van der Waals surface area (Å²) in [6.07, 6.45) is 4.70. The van der Waals surface area contributed by atoms with E-state index in [1.165, 1.54) is 6.33 Å². The smallest absolute Gasteiger partial charge is 0.164 e. The van der Waals surface area contributed by atoms with Crippen LogP contribution in [-0.2, 0) is 0 Å². The molecule has 14 heavy (non-hydrogen) atoms. The second kappa shape index (κ2) is 4.19. The van der Waals surface area contributed by atoms with Gasteiger partial charge in [0, 0.05) is 0 Å². The van der Waals surface area contributed by atoms with Crippen molar-refractivity contribution < 1.29 is 4.74 Å². The third kappa shape index (κ3) is 2.09. The van der Waals surface area contributed by atoms with E-state index in [0.29, 0.717) is 5.75 Å². The normalized spacial score (nSPS) is 9.79. The molecule has 4 heteroatoms. The topological polar surface area (TPSA) is 35.0 Å². The van der Waals surface area contributed by atoms with Crippen molar-refractivity contribution in [3.8, 4) is 11.5 Å². The Hall–Kier alpha value is -1.42. The molecule has 0 amide bonds. The fourth-order valence-corrected chi connectivity index (χ4v) is 1.36. The monoisotopic (exact) mass is 250 g/mol. The van der Waals surface area contributed by atoms with Crippen LogP contribution in [0.2, 0.25) is 0 Å². The number of hydrogen-bond donors (Lipinski definition) is 0. The molecule has 0 N–H and O–H groups in total. The van der Waals surface area contributed by atoms with Crippen LogP contribution in [0.25, 0.3) is 0 Å². The van der Waals surface area contributed by atoms with Crippen LogP contribution >= 0.6 is 15.9 Å². The number of rotatable bonds is 2. The first-order valence-corrected chi connectivity index (χ1v) is 4.83. The van der Waals surface area contributed by atoms with Gasteiger partial charge in [-0.25, -0.2) is 9.97 Å². The number of aromatic nitrogens is 2. The van der Waals surface area contributed by atoms with Crippen LogP contribution in [0.3, 0.4) is 0 Å². The Morgan fingerprint density at radius 1 is 1.07 bits per heavy atom. The molecule has 0 aliphatic carbocycles. The van der Waals surface area contributed by atoms with E-state index < -0.39 is 0 Å². The van der Waals surface area contributed by atoms with Gasteiger partial charge in [0.25, 0.3) is 0 Å². The molecule has 0 spiro atoms. The first-order valence-electron chi connectivity index (χ1n) is 4.03. The van der Waals surface area contributed by atoms with Crippen LogP contribution in [-0.4, -0.2) is 9.97 Å². The van der Waals surface area contributed by atoms with Crippen LogP contribution in [0, 0.1) is 0 Å². The van der Waals surface area contributed by atoms with E-state index in [4.69, 9.17) is 4.74 Å². The summed E-state index contributed by atoms with van der Waals surface area (Å²) in [5.41, 5.74) is 0. The van der Waals surface area contributed by atoms with E-state index in [0.717, 1.165) is 10.2 Å². The number of ether oxygens (including phenoxy) is 1. The van der Waals surface area contributed by atoms with Gasteiger partial charge >= 0.3 is 0 Å². The Bertz CT molecular complexity index is 419. The van der Waals surface area contributed by atoms with E-state index in [9.17, 15) is 0 Å². The summed E-state index contributed by atoms with van der Waals surface area (Å²) < 4.78 is 6.44. The lowest BCUT2D eigenvalue weighted by molar-refractivity contribution is 0.474. The number of para-hydroxylation sites is 1. The van der Waals surface area contributed by atoms with Crippen LogP contribution in [0.4, 0.5) is 0 Å². The molecule has 0 fully saturated rings. The minimum atomic E-state index is 0.624. The van der Waals surface area contributed by atoms with Crippen LogP contribution in [0.15, 0.2) is 47.5 Å². The molecule has 1 aromatic carbocycles. The number of halogens is 1. The largest absolute Gasteiger partial charge is 0.453 e. The van der Waals surface area contributed by atoms with Gasteiger partial charge in [-0.05, 0) is 28.1 Å². The zero-order valence-electron chi connectivity index (χ0n) is 7.22. The maximum atomic E-state index is 5.54. The number of benzene rings is 1. The molecule has 1 heterocycles. The van der Waals surface area contributed by atoms with Crippen molar-refractivity contribution in [3.63, 3.8) is 0 Å². The van der Waals surface area contributed by atoms with Gasteiger partial charge in [0.1, 0.15) is 12.1 Å². The van der Waals surface area contributed by atoms with Gasteiger partial charge in [-0.1, -0.05) is 12.1 Å². The van der Waals surface area contributed by atoms with Crippen molar-refractivity contribution in [1.82, 2.24) is 9.97 Å². The highest BCUT2D eigenvalue weighted by Crippen LogP contribution is 2.27. The Labute approximate surface area is 89.9 Å². The Kier molecular flexibility index (Phi) is 2.74. The van der Waals surface area contributed by atoms with Crippen molar-refractivity contribution in [2.75, 3.05) is 0 Å². The van der Waals surface area contributed by atoms with Gasteiger partial charge in [0.15, 0.2) is 5.75 Å². The maximum Gasteiger partial charge on any atom is 0.164 e. The fraction of sp³-hybridized carbons (Fsp3) is 0. The average Bonchev–Trinajstić information content (AvgIpc) is 2.23. The van der Waals surface area contributed by atoms with Gasteiger partial charge in [-0.2, -0.15) is 0 Å². The molecule has 3 nitrogen and oxygen atoms in total. The molecule has 0 bridgehead atoms. The van der Waals surface area contributed by atoms with E-state index >= 15 is 0 Å². The number of nitrogens with zero attached hydrogens (tertiary/aromatic N) is 2. The molecule has 2 aromatic rings. The van der Waals surface area contributed by atoms with Crippen molar-refractivity contribution in [3.05, 3.63) is 47.5 Å². The summed E-state index contributed by atoms with van der Waals surface area (Å²) in [6.45, 7) is 0. The Morgan fingerprint density at radius 3 is 2.50 bits per heavy atom. The minimum absolute atomic E-state index is 0.624. The molecular weight excluding hydrogens is 244 g/mol. The molecule has 0 saturated carbocycles. The summed E-state index contributed by atoms with van der Waals surface area (Å²) >= 11 is 3.39. The molecule has 0 saturated heterocycles. The van der Waals surface area contributed by atoms with Crippen molar-refractivity contribution in [2.45, 2.75) is 0 Å². The lowest BCUT2D eigenvalue weighted by Gasteiger charge is -2.05. The maximum absolute atomic E-state index is 5.54. The van der Waals surface area contributed by atoms with Crippen molar-refractivity contribution in [1.29, 1.82) is 0 Å². The molecule has 1 aromatic heterocycles. The van der Waals surface area contributed by atoms with Crippen LogP contribution in [0.1, 0.15) is 0 Å². The summed E-state index contributed by atoms with van der Waals surface area (Å²) in [5.74, 6) is 1.38. The van der Waals surface area contributed by atoms with E-state index in [2.05, 4.69) is 25.9 Å². The van der Waals surface area contributed by atoms with Gasteiger partial charge in [-0.3, -0.25) is 0 Å². The average molecular weight is 251 g/mol. The first-order chi connectivity index (χ1) is 6.86. The highest BCUT2D eigenvalue weighted by molar-refractivity contribution is 9.10. The molecule has 0 radical (unpaired) electrons. The molecule has 0 aliphatic heterocycles.